The van der Waals surface area contributed by atoms with E-state index in [1.165, 1.54) is 19.2 Å². The summed E-state index contributed by atoms with van der Waals surface area (Å²) in [5.41, 5.74) is 3.40. The van der Waals surface area contributed by atoms with Gasteiger partial charge in [0.25, 0.3) is 5.91 Å². The highest BCUT2D eigenvalue weighted by molar-refractivity contribution is 5.94. The van der Waals surface area contributed by atoms with Crippen LogP contribution in [-0.4, -0.2) is 22.8 Å². The van der Waals surface area contributed by atoms with Crippen molar-refractivity contribution in [1.29, 1.82) is 0 Å². The minimum Gasteiger partial charge on any atom is -0.497 e. The molecule has 3 aromatic carbocycles. The quantitative estimate of drug-likeness (QED) is 0.513. The highest BCUT2D eigenvalue weighted by atomic mass is 19.1. The second-order valence-electron chi connectivity index (χ2n) is 6.68. The van der Waals surface area contributed by atoms with Gasteiger partial charge in [-0.15, -0.1) is 0 Å². The van der Waals surface area contributed by atoms with Crippen LogP contribution < -0.4 is 10.1 Å². The molecule has 150 valence electrons. The summed E-state index contributed by atoms with van der Waals surface area (Å²) >= 11 is 0. The maximum atomic E-state index is 14.2. The highest BCUT2D eigenvalue weighted by Gasteiger charge is 2.16. The van der Waals surface area contributed by atoms with Crippen LogP contribution in [0.4, 0.5) is 4.39 Å². The van der Waals surface area contributed by atoms with E-state index < -0.39 is 11.7 Å². The van der Waals surface area contributed by atoms with Crippen molar-refractivity contribution in [2.24, 2.45) is 0 Å². The largest absolute Gasteiger partial charge is 0.497 e. The number of hydrogen-bond acceptors (Lipinski definition) is 3. The van der Waals surface area contributed by atoms with Gasteiger partial charge in [0.1, 0.15) is 11.6 Å². The van der Waals surface area contributed by atoms with E-state index in [1.807, 2.05) is 66.9 Å². The first kappa shape index (κ1) is 19.4. The van der Waals surface area contributed by atoms with Gasteiger partial charge < -0.3 is 10.1 Å². The van der Waals surface area contributed by atoms with Crippen molar-refractivity contribution in [2.45, 2.75) is 6.54 Å². The lowest BCUT2D eigenvalue weighted by Gasteiger charge is -2.08. The molecule has 4 rings (SSSR count). The van der Waals surface area contributed by atoms with Crippen LogP contribution in [0.5, 0.6) is 5.75 Å². The molecule has 0 aliphatic carbocycles. The number of aromatic nitrogens is 2. The van der Waals surface area contributed by atoms with Crippen LogP contribution in [0.1, 0.15) is 15.9 Å². The summed E-state index contributed by atoms with van der Waals surface area (Å²) in [6.07, 6.45) is 1.88. The van der Waals surface area contributed by atoms with Crippen LogP contribution in [0.3, 0.4) is 0 Å². The van der Waals surface area contributed by atoms with E-state index in [9.17, 15) is 9.18 Å². The molecule has 0 unspecified atom stereocenters. The zero-order valence-electron chi connectivity index (χ0n) is 16.4. The molecule has 0 spiro atoms. The molecule has 6 heteroatoms. The second-order valence-corrected chi connectivity index (χ2v) is 6.68. The van der Waals surface area contributed by atoms with Crippen molar-refractivity contribution in [3.8, 4) is 22.7 Å². The standard InChI is InChI=1S/C24H20FN3O2/c1-30-20-12-13-21(22(25)14-20)24(29)26-15-18-16-28(19-10-6-3-7-11-19)27-23(18)17-8-4-2-5-9-17/h2-14,16H,15H2,1H3,(H,26,29). The van der Waals surface area contributed by atoms with Gasteiger partial charge in [-0.1, -0.05) is 48.5 Å². The minimum absolute atomic E-state index is 0.0347. The molecule has 1 amide bonds. The Kier molecular flexibility index (Phi) is 5.57. The first-order chi connectivity index (χ1) is 14.7. The van der Waals surface area contributed by atoms with Crippen molar-refractivity contribution in [3.63, 3.8) is 0 Å². The van der Waals surface area contributed by atoms with E-state index in [4.69, 9.17) is 9.84 Å². The number of ether oxygens (including phenoxy) is 1. The Hall–Kier alpha value is -3.93. The zero-order valence-corrected chi connectivity index (χ0v) is 16.4. The fourth-order valence-corrected chi connectivity index (χ4v) is 3.17. The number of hydrogen-bond donors (Lipinski definition) is 1. The highest BCUT2D eigenvalue weighted by Crippen LogP contribution is 2.24. The van der Waals surface area contributed by atoms with Crippen LogP contribution >= 0.6 is 0 Å². The molecule has 1 heterocycles. The van der Waals surface area contributed by atoms with E-state index in [0.717, 1.165) is 22.5 Å². The number of benzene rings is 3. The fourth-order valence-electron chi connectivity index (χ4n) is 3.17. The molecule has 1 N–H and O–H groups in total. The van der Waals surface area contributed by atoms with Gasteiger partial charge in [0, 0.05) is 29.9 Å². The van der Waals surface area contributed by atoms with Gasteiger partial charge in [0.15, 0.2) is 0 Å². The maximum absolute atomic E-state index is 14.2. The van der Waals surface area contributed by atoms with Crippen LogP contribution in [-0.2, 0) is 6.54 Å². The summed E-state index contributed by atoms with van der Waals surface area (Å²) in [6.45, 7) is 0.210. The summed E-state index contributed by atoms with van der Waals surface area (Å²) in [5.74, 6) is -0.767. The number of nitrogens with zero attached hydrogens (tertiary/aromatic N) is 2. The van der Waals surface area contributed by atoms with Crippen molar-refractivity contribution in [3.05, 3.63) is 102 Å². The topological polar surface area (TPSA) is 56.1 Å². The summed E-state index contributed by atoms with van der Waals surface area (Å²) in [6, 6.07) is 23.6. The van der Waals surface area contributed by atoms with E-state index in [0.29, 0.717) is 5.75 Å². The lowest BCUT2D eigenvalue weighted by molar-refractivity contribution is 0.0947. The van der Waals surface area contributed by atoms with Gasteiger partial charge in [-0.05, 0) is 24.3 Å². The Balaban J connectivity index is 1.61. The zero-order chi connectivity index (χ0) is 20.9. The number of amides is 1. The minimum atomic E-state index is -0.630. The first-order valence-corrected chi connectivity index (χ1v) is 9.47. The lowest BCUT2D eigenvalue weighted by atomic mass is 10.1. The monoisotopic (exact) mass is 401 g/mol. The molecule has 0 saturated carbocycles. The molecule has 0 atom stereocenters. The molecule has 5 nitrogen and oxygen atoms in total. The van der Waals surface area contributed by atoms with Crippen molar-refractivity contribution in [1.82, 2.24) is 15.1 Å². The molecule has 0 bridgehead atoms. The van der Waals surface area contributed by atoms with Gasteiger partial charge in [0.2, 0.25) is 0 Å². The summed E-state index contributed by atoms with van der Waals surface area (Å²) in [5, 5.41) is 7.51. The van der Waals surface area contributed by atoms with Crippen LogP contribution in [0.15, 0.2) is 85.1 Å². The molecule has 0 fully saturated rings. The second kappa shape index (κ2) is 8.61. The third kappa shape index (κ3) is 4.07. The van der Waals surface area contributed by atoms with Gasteiger partial charge >= 0.3 is 0 Å². The summed E-state index contributed by atoms with van der Waals surface area (Å²) < 4.78 is 21.0. The normalized spacial score (nSPS) is 10.6. The number of nitrogens with one attached hydrogen (secondary N) is 1. The number of carbonyl (C=O) groups excluding carboxylic acids is 1. The molecular formula is C24H20FN3O2. The number of para-hydroxylation sites is 1. The summed E-state index contributed by atoms with van der Waals surface area (Å²) in [4.78, 5) is 12.5. The fraction of sp³-hybridized carbons (Fsp3) is 0.0833. The van der Waals surface area contributed by atoms with Crippen LogP contribution in [0.2, 0.25) is 0 Å². The summed E-state index contributed by atoms with van der Waals surface area (Å²) in [7, 11) is 1.45. The average molecular weight is 401 g/mol. The third-order valence-corrected chi connectivity index (χ3v) is 4.72. The van der Waals surface area contributed by atoms with E-state index in [-0.39, 0.29) is 12.1 Å². The Morgan fingerprint density at radius 1 is 1.03 bits per heavy atom. The molecule has 0 aliphatic rings. The number of halogens is 1. The average Bonchev–Trinajstić information content (AvgIpc) is 3.23. The predicted molar refractivity (Wildman–Crippen MR) is 113 cm³/mol. The van der Waals surface area contributed by atoms with E-state index in [1.54, 1.807) is 10.7 Å². The van der Waals surface area contributed by atoms with Crippen molar-refractivity contribution >= 4 is 5.91 Å². The predicted octanol–water partition coefficient (Wildman–Crippen LogP) is 4.62. The number of carbonyl (C=O) groups is 1. The van der Waals surface area contributed by atoms with E-state index in [2.05, 4.69) is 5.32 Å². The van der Waals surface area contributed by atoms with Gasteiger partial charge in [-0.2, -0.15) is 5.10 Å². The Morgan fingerprint density at radius 2 is 1.73 bits per heavy atom. The molecule has 30 heavy (non-hydrogen) atoms. The molecule has 0 aliphatic heterocycles. The van der Waals surface area contributed by atoms with Crippen molar-refractivity contribution in [2.75, 3.05) is 7.11 Å². The van der Waals surface area contributed by atoms with Crippen molar-refractivity contribution < 1.29 is 13.9 Å². The van der Waals surface area contributed by atoms with Crippen LogP contribution in [0, 0.1) is 5.82 Å². The molecule has 1 aromatic heterocycles. The Labute approximate surface area is 173 Å². The maximum Gasteiger partial charge on any atom is 0.254 e. The van der Waals surface area contributed by atoms with Gasteiger partial charge in [-0.3, -0.25) is 4.79 Å². The molecule has 0 radical (unpaired) electrons. The lowest BCUT2D eigenvalue weighted by Crippen LogP contribution is -2.24. The van der Waals surface area contributed by atoms with Crippen LogP contribution in [0.25, 0.3) is 16.9 Å². The smallest absolute Gasteiger partial charge is 0.254 e. The van der Waals surface area contributed by atoms with Gasteiger partial charge in [0.05, 0.1) is 24.1 Å². The molecule has 0 saturated heterocycles. The SMILES string of the molecule is COc1ccc(C(=O)NCc2cn(-c3ccccc3)nc2-c2ccccc2)c(F)c1. The number of methoxy groups -OCH3 is 1. The molecular weight excluding hydrogens is 381 g/mol. The first-order valence-electron chi connectivity index (χ1n) is 9.47. The Morgan fingerprint density at radius 3 is 2.40 bits per heavy atom. The van der Waals surface area contributed by atoms with E-state index >= 15 is 0 Å². The van der Waals surface area contributed by atoms with Gasteiger partial charge in [-0.25, -0.2) is 9.07 Å². The Bertz CT molecular complexity index is 1160. The third-order valence-electron chi connectivity index (χ3n) is 4.72. The molecule has 4 aromatic rings. The number of rotatable bonds is 6.